The van der Waals surface area contributed by atoms with E-state index in [0.717, 1.165) is 5.56 Å². The Kier molecular flexibility index (Phi) is 4.63. The van der Waals surface area contributed by atoms with Crippen LogP contribution in [0, 0.1) is 0 Å². The molecule has 2 heterocycles. The van der Waals surface area contributed by atoms with Gasteiger partial charge in [-0.2, -0.15) is 4.98 Å². The fourth-order valence-corrected chi connectivity index (χ4v) is 1.95. The number of ether oxygens (including phenoxy) is 1. The molecule has 0 aliphatic carbocycles. The van der Waals surface area contributed by atoms with Gasteiger partial charge in [-0.15, -0.1) is 5.10 Å². The minimum atomic E-state index is -0.502. The largest absolute Gasteiger partial charge is 0.460 e. The second-order valence-electron chi connectivity index (χ2n) is 6.12. The van der Waals surface area contributed by atoms with Gasteiger partial charge in [-0.3, -0.25) is 4.79 Å². The number of esters is 1. The van der Waals surface area contributed by atoms with Gasteiger partial charge in [0, 0.05) is 19.8 Å². The summed E-state index contributed by atoms with van der Waals surface area (Å²) in [7, 11) is 1.73. The molecule has 2 aromatic heterocycles. The highest BCUT2D eigenvalue weighted by molar-refractivity contribution is 5.73. The third kappa shape index (κ3) is 4.16. The van der Waals surface area contributed by atoms with E-state index in [1.54, 1.807) is 34.8 Å². The molecule has 0 unspecified atom stereocenters. The van der Waals surface area contributed by atoms with Crippen molar-refractivity contribution in [3.8, 4) is 0 Å². The fourth-order valence-electron chi connectivity index (χ4n) is 1.95. The van der Waals surface area contributed by atoms with Crippen LogP contribution < -0.4 is 4.90 Å². The quantitative estimate of drug-likeness (QED) is 0.791. The van der Waals surface area contributed by atoms with Gasteiger partial charge < -0.3 is 9.64 Å². The smallest absolute Gasteiger partial charge is 0.310 e. The highest BCUT2D eigenvalue weighted by Gasteiger charge is 2.17. The summed E-state index contributed by atoms with van der Waals surface area (Å²) in [6.45, 7) is 5.27. The SMILES string of the molecule is CN(CCF)c1nc2cc(CC(=O)OC(C)(C)C)ccn2n1. The summed E-state index contributed by atoms with van der Waals surface area (Å²) < 4.78 is 19.3. The van der Waals surface area contributed by atoms with E-state index < -0.39 is 12.3 Å². The molecule has 0 aliphatic heterocycles. The first-order chi connectivity index (χ1) is 10.3. The van der Waals surface area contributed by atoms with Gasteiger partial charge in [0.2, 0.25) is 5.95 Å². The zero-order valence-corrected chi connectivity index (χ0v) is 13.3. The van der Waals surface area contributed by atoms with E-state index in [-0.39, 0.29) is 18.9 Å². The van der Waals surface area contributed by atoms with Gasteiger partial charge in [0.15, 0.2) is 5.65 Å². The number of carbonyl (C=O) groups is 1. The van der Waals surface area contributed by atoms with Crippen LogP contribution in [-0.4, -0.2) is 46.4 Å². The van der Waals surface area contributed by atoms with Crippen LogP contribution in [0.3, 0.4) is 0 Å². The Morgan fingerprint density at radius 1 is 1.45 bits per heavy atom. The molecule has 0 saturated carbocycles. The fraction of sp³-hybridized carbons (Fsp3) is 0.533. The lowest BCUT2D eigenvalue weighted by molar-refractivity contribution is -0.153. The minimum Gasteiger partial charge on any atom is -0.460 e. The number of anilines is 1. The molecule has 22 heavy (non-hydrogen) atoms. The van der Waals surface area contributed by atoms with Crippen molar-refractivity contribution >= 4 is 17.6 Å². The van der Waals surface area contributed by atoms with E-state index in [4.69, 9.17) is 4.74 Å². The van der Waals surface area contributed by atoms with Crippen molar-refractivity contribution in [3.05, 3.63) is 23.9 Å². The number of alkyl halides is 1. The molecule has 0 spiro atoms. The molecular formula is C15H21FN4O2. The summed E-state index contributed by atoms with van der Waals surface area (Å²) in [5.41, 5.74) is 0.911. The zero-order chi connectivity index (χ0) is 16.3. The maximum atomic E-state index is 12.4. The van der Waals surface area contributed by atoms with Crippen molar-refractivity contribution in [2.75, 3.05) is 25.2 Å². The molecule has 2 aromatic rings. The lowest BCUT2D eigenvalue weighted by atomic mass is 10.1. The number of fused-ring (bicyclic) bond motifs is 1. The third-order valence-corrected chi connectivity index (χ3v) is 2.92. The van der Waals surface area contributed by atoms with Crippen molar-refractivity contribution in [1.82, 2.24) is 14.6 Å². The molecule has 120 valence electrons. The van der Waals surface area contributed by atoms with Gasteiger partial charge in [0.05, 0.1) is 6.42 Å². The number of halogens is 1. The van der Waals surface area contributed by atoms with Gasteiger partial charge in [0.25, 0.3) is 0 Å². The van der Waals surface area contributed by atoms with E-state index in [1.165, 1.54) is 0 Å². The van der Waals surface area contributed by atoms with Crippen LogP contribution >= 0.6 is 0 Å². The second kappa shape index (κ2) is 6.29. The van der Waals surface area contributed by atoms with Crippen LogP contribution in [0.4, 0.5) is 10.3 Å². The number of rotatable bonds is 5. The highest BCUT2D eigenvalue weighted by Crippen LogP contribution is 2.13. The maximum Gasteiger partial charge on any atom is 0.310 e. The summed E-state index contributed by atoms with van der Waals surface area (Å²) in [5.74, 6) is 0.165. The topological polar surface area (TPSA) is 59.7 Å². The standard InChI is InChI=1S/C15H21FN4O2/c1-15(2,3)22-13(21)10-11-5-7-20-12(9-11)17-14(18-20)19(4)8-6-16/h5,7,9H,6,8,10H2,1-4H3. The Balaban J connectivity index is 2.15. The van der Waals surface area contributed by atoms with Crippen LogP contribution in [0.15, 0.2) is 18.3 Å². The summed E-state index contributed by atoms with van der Waals surface area (Å²) in [6.07, 6.45) is 1.91. The number of pyridine rings is 1. The Labute approximate surface area is 128 Å². The molecule has 0 bridgehead atoms. The van der Waals surface area contributed by atoms with Crippen LogP contribution in [0.2, 0.25) is 0 Å². The first-order valence-electron chi connectivity index (χ1n) is 7.13. The predicted molar refractivity (Wildman–Crippen MR) is 81.8 cm³/mol. The highest BCUT2D eigenvalue weighted by atomic mass is 19.1. The summed E-state index contributed by atoms with van der Waals surface area (Å²) >= 11 is 0. The average molecular weight is 308 g/mol. The minimum absolute atomic E-state index is 0.177. The molecule has 0 saturated heterocycles. The lowest BCUT2D eigenvalue weighted by Gasteiger charge is -2.19. The molecule has 2 rings (SSSR count). The van der Waals surface area contributed by atoms with Gasteiger partial charge >= 0.3 is 5.97 Å². The van der Waals surface area contributed by atoms with Crippen molar-refractivity contribution in [2.24, 2.45) is 0 Å². The lowest BCUT2D eigenvalue weighted by Crippen LogP contribution is -2.24. The van der Waals surface area contributed by atoms with Gasteiger partial charge in [-0.1, -0.05) is 0 Å². The van der Waals surface area contributed by atoms with E-state index in [9.17, 15) is 9.18 Å². The third-order valence-electron chi connectivity index (χ3n) is 2.92. The molecule has 0 aliphatic rings. The number of carbonyl (C=O) groups excluding carboxylic acids is 1. The van der Waals surface area contributed by atoms with E-state index >= 15 is 0 Å². The van der Waals surface area contributed by atoms with E-state index in [2.05, 4.69) is 10.1 Å². The molecular weight excluding hydrogens is 287 g/mol. The Hall–Kier alpha value is -2.18. The van der Waals surface area contributed by atoms with Gasteiger partial charge in [-0.25, -0.2) is 8.91 Å². The van der Waals surface area contributed by atoms with Crippen molar-refractivity contribution < 1.29 is 13.9 Å². The van der Waals surface area contributed by atoms with Crippen LogP contribution in [0.25, 0.3) is 5.65 Å². The summed E-state index contributed by atoms with van der Waals surface area (Å²) in [4.78, 5) is 17.8. The number of hydrogen-bond acceptors (Lipinski definition) is 5. The van der Waals surface area contributed by atoms with Crippen LogP contribution in [0.1, 0.15) is 26.3 Å². The zero-order valence-electron chi connectivity index (χ0n) is 13.3. The maximum absolute atomic E-state index is 12.4. The first kappa shape index (κ1) is 16.2. The van der Waals surface area contributed by atoms with Gasteiger partial charge in [-0.05, 0) is 38.5 Å². The van der Waals surface area contributed by atoms with Crippen molar-refractivity contribution in [3.63, 3.8) is 0 Å². The molecule has 0 fully saturated rings. The molecule has 6 nitrogen and oxygen atoms in total. The molecule has 0 amide bonds. The molecule has 7 heteroatoms. The summed E-state index contributed by atoms with van der Waals surface area (Å²) in [5, 5.41) is 4.26. The van der Waals surface area contributed by atoms with Crippen LogP contribution in [-0.2, 0) is 16.0 Å². The molecule has 0 aromatic carbocycles. The Bertz CT molecular complexity index is 663. The molecule has 0 radical (unpaired) electrons. The van der Waals surface area contributed by atoms with Crippen molar-refractivity contribution in [1.29, 1.82) is 0 Å². The Morgan fingerprint density at radius 3 is 2.82 bits per heavy atom. The normalized spacial score (nSPS) is 11.7. The monoisotopic (exact) mass is 308 g/mol. The summed E-state index contributed by atoms with van der Waals surface area (Å²) in [6, 6.07) is 3.58. The number of hydrogen-bond donors (Lipinski definition) is 0. The van der Waals surface area contributed by atoms with E-state index in [1.807, 2.05) is 20.8 Å². The Morgan fingerprint density at radius 2 is 2.18 bits per heavy atom. The molecule has 0 N–H and O–H groups in total. The average Bonchev–Trinajstić information content (AvgIpc) is 2.79. The van der Waals surface area contributed by atoms with Crippen LogP contribution in [0.5, 0.6) is 0 Å². The predicted octanol–water partition coefficient (Wildman–Crippen LogP) is 2.02. The van der Waals surface area contributed by atoms with Gasteiger partial charge in [0.1, 0.15) is 12.3 Å². The molecule has 0 atom stereocenters. The number of aromatic nitrogens is 3. The number of nitrogens with zero attached hydrogens (tertiary/aromatic N) is 4. The van der Waals surface area contributed by atoms with E-state index in [0.29, 0.717) is 11.6 Å². The van der Waals surface area contributed by atoms with Crippen molar-refractivity contribution in [2.45, 2.75) is 32.8 Å². The first-order valence-corrected chi connectivity index (χ1v) is 7.13. The second-order valence-corrected chi connectivity index (χ2v) is 6.12.